The van der Waals surface area contributed by atoms with E-state index in [0.29, 0.717) is 6.61 Å². The molecule has 10 nitrogen and oxygen atoms in total. The molecule has 0 spiro atoms. The third kappa shape index (κ3) is 11.8. The molecule has 1 aliphatic heterocycles. The van der Waals surface area contributed by atoms with Gasteiger partial charge in [0.1, 0.15) is 18.8 Å². The minimum Gasteiger partial charge on any atom is -0.463 e. The van der Waals surface area contributed by atoms with Crippen LogP contribution in [-0.2, 0) is 42.9 Å². The Hall–Kier alpha value is -2.20. The molecule has 0 aromatic heterocycles. The predicted molar refractivity (Wildman–Crippen MR) is 123 cm³/mol. The van der Waals surface area contributed by atoms with E-state index in [0.717, 1.165) is 19.3 Å². The third-order valence-electron chi connectivity index (χ3n) is 5.35. The molecule has 1 heterocycles. The van der Waals surface area contributed by atoms with Gasteiger partial charge in [0.25, 0.3) is 0 Å². The number of nitrogens with one attached hydrogen (secondary N) is 1. The lowest BCUT2D eigenvalue weighted by Crippen LogP contribution is -2.66. The molecule has 0 unspecified atom stereocenters. The van der Waals surface area contributed by atoms with Crippen LogP contribution in [0.15, 0.2) is 0 Å². The van der Waals surface area contributed by atoms with E-state index < -0.39 is 54.5 Å². The highest BCUT2D eigenvalue weighted by Crippen LogP contribution is 2.28. The maximum Gasteiger partial charge on any atom is 0.303 e. The Labute approximate surface area is 202 Å². The Morgan fingerprint density at radius 2 is 1.32 bits per heavy atom. The molecular weight excluding hydrogens is 446 g/mol. The lowest BCUT2D eigenvalue weighted by molar-refractivity contribution is -0.277. The van der Waals surface area contributed by atoms with E-state index in [1.807, 2.05) is 0 Å². The topological polar surface area (TPSA) is 126 Å². The van der Waals surface area contributed by atoms with Crippen LogP contribution in [0.2, 0.25) is 0 Å². The average molecular weight is 488 g/mol. The maximum atomic E-state index is 11.9. The average Bonchev–Trinajstić information content (AvgIpc) is 2.74. The predicted octanol–water partition coefficient (Wildman–Crippen LogP) is 2.80. The molecule has 0 bridgehead atoms. The Morgan fingerprint density at radius 1 is 0.765 bits per heavy atom. The quantitative estimate of drug-likeness (QED) is 0.211. The number of carbonyl (C=O) groups is 4. The van der Waals surface area contributed by atoms with Crippen molar-refractivity contribution in [1.82, 2.24) is 5.32 Å². The van der Waals surface area contributed by atoms with E-state index in [1.165, 1.54) is 59.8 Å². The van der Waals surface area contributed by atoms with Gasteiger partial charge >= 0.3 is 17.9 Å². The lowest BCUT2D eigenvalue weighted by Gasteiger charge is -2.44. The molecule has 196 valence electrons. The summed E-state index contributed by atoms with van der Waals surface area (Å²) >= 11 is 0. The van der Waals surface area contributed by atoms with Gasteiger partial charge in [-0.15, -0.1) is 0 Å². The summed E-state index contributed by atoms with van der Waals surface area (Å²) in [6, 6.07) is -0.923. The lowest BCUT2D eigenvalue weighted by atomic mass is 9.96. The van der Waals surface area contributed by atoms with Gasteiger partial charge in [0.2, 0.25) is 5.91 Å². The van der Waals surface area contributed by atoms with Crippen molar-refractivity contribution in [3.63, 3.8) is 0 Å². The van der Waals surface area contributed by atoms with Crippen molar-refractivity contribution < 1.29 is 42.9 Å². The van der Waals surface area contributed by atoms with Crippen molar-refractivity contribution in [3.8, 4) is 0 Å². The molecule has 0 radical (unpaired) electrons. The van der Waals surface area contributed by atoms with Gasteiger partial charge in [-0.2, -0.15) is 0 Å². The highest BCUT2D eigenvalue weighted by atomic mass is 16.7. The number of hydrogen-bond donors (Lipinski definition) is 1. The molecule has 1 saturated heterocycles. The first kappa shape index (κ1) is 29.8. The van der Waals surface area contributed by atoms with E-state index in [1.54, 1.807) is 0 Å². The third-order valence-corrected chi connectivity index (χ3v) is 5.35. The highest BCUT2D eigenvalue weighted by Gasteiger charge is 2.51. The summed E-state index contributed by atoms with van der Waals surface area (Å²) in [5.41, 5.74) is 0. The second-order valence-electron chi connectivity index (χ2n) is 8.57. The summed E-state index contributed by atoms with van der Waals surface area (Å²) in [6.07, 6.45) is 4.88. The Bertz CT molecular complexity index is 654. The van der Waals surface area contributed by atoms with Crippen LogP contribution in [0.25, 0.3) is 0 Å². The summed E-state index contributed by atoms with van der Waals surface area (Å²) in [6.45, 7) is 7.27. The number of esters is 3. The van der Waals surface area contributed by atoms with Crippen molar-refractivity contribution in [2.24, 2.45) is 0 Å². The summed E-state index contributed by atoms with van der Waals surface area (Å²) in [5, 5.41) is 2.69. The van der Waals surface area contributed by atoms with E-state index in [4.69, 9.17) is 23.7 Å². The second-order valence-corrected chi connectivity index (χ2v) is 8.57. The first-order chi connectivity index (χ1) is 16.1. The zero-order valence-electron chi connectivity index (χ0n) is 21.1. The molecule has 0 aromatic carbocycles. The monoisotopic (exact) mass is 487 g/mol. The number of hydrogen-bond acceptors (Lipinski definition) is 9. The number of unbranched alkanes of at least 4 members (excludes halogenated alkanes) is 7. The van der Waals surface area contributed by atoms with Gasteiger partial charge in [-0.25, -0.2) is 0 Å². The van der Waals surface area contributed by atoms with Crippen LogP contribution in [0.3, 0.4) is 0 Å². The summed E-state index contributed by atoms with van der Waals surface area (Å²) in [5.74, 6) is -2.22. The standard InChI is InChI=1S/C24H41NO9/c1-6-7-8-9-10-11-12-13-14-30-24-21(25-16(2)26)23(33-19(5)29)22(32-18(4)28)20(34-24)15-31-17(3)27/h20-24H,6-15H2,1-5H3,(H,25,26)/t20-,21+,22-,23+,24-/m1/s1. The SMILES string of the molecule is CCCCCCCCCCO[C@@H]1O[C@H](COC(C)=O)[C@@H](OC(C)=O)[C@@H](OC(C)=O)[C@@H]1NC(C)=O. The van der Waals surface area contributed by atoms with Crippen molar-refractivity contribution in [2.75, 3.05) is 13.2 Å². The zero-order chi connectivity index (χ0) is 25.5. The molecule has 1 rings (SSSR count). The Balaban J connectivity index is 2.89. The van der Waals surface area contributed by atoms with Crippen LogP contribution in [-0.4, -0.2) is 67.7 Å². The highest BCUT2D eigenvalue weighted by molar-refractivity contribution is 5.73. The molecule has 0 aromatic rings. The van der Waals surface area contributed by atoms with Gasteiger partial charge in [-0.05, 0) is 6.42 Å². The minimum atomic E-state index is -1.11. The second kappa shape index (κ2) is 16.4. The minimum absolute atomic E-state index is 0.241. The van der Waals surface area contributed by atoms with E-state index in [9.17, 15) is 19.2 Å². The molecule has 34 heavy (non-hydrogen) atoms. The van der Waals surface area contributed by atoms with E-state index in [2.05, 4.69) is 12.2 Å². The van der Waals surface area contributed by atoms with Gasteiger partial charge in [-0.3, -0.25) is 19.2 Å². The molecule has 10 heteroatoms. The molecule has 0 aliphatic carbocycles. The molecule has 0 saturated carbocycles. The Kier molecular flexibility index (Phi) is 14.4. The summed E-state index contributed by atoms with van der Waals surface area (Å²) in [7, 11) is 0. The van der Waals surface area contributed by atoms with Crippen LogP contribution in [0.1, 0.15) is 86.0 Å². The molecular formula is C24H41NO9. The molecule has 1 amide bonds. The number of ether oxygens (including phenoxy) is 5. The molecule has 1 N–H and O–H groups in total. The van der Waals surface area contributed by atoms with Crippen LogP contribution in [0.5, 0.6) is 0 Å². The fourth-order valence-electron chi connectivity index (χ4n) is 3.87. The number of amides is 1. The summed E-state index contributed by atoms with van der Waals surface area (Å²) in [4.78, 5) is 46.8. The van der Waals surface area contributed by atoms with E-state index in [-0.39, 0.29) is 6.61 Å². The Morgan fingerprint density at radius 3 is 1.85 bits per heavy atom. The van der Waals surface area contributed by atoms with Crippen molar-refractivity contribution in [1.29, 1.82) is 0 Å². The first-order valence-corrected chi connectivity index (χ1v) is 12.2. The molecule has 1 aliphatic rings. The normalized spacial score (nSPS) is 24.2. The fourth-order valence-corrected chi connectivity index (χ4v) is 3.87. The van der Waals surface area contributed by atoms with Gasteiger partial charge in [0, 0.05) is 34.3 Å². The smallest absolute Gasteiger partial charge is 0.303 e. The van der Waals surface area contributed by atoms with Crippen molar-refractivity contribution in [3.05, 3.63) is 0 Å². The van der Waals surface area contributed by atoms with Crippen molar-refractivity contribution >= 4 is 23.8 Å². The fraction of sp³-hybridized carbons (Fsp3) is 0.833. The number of carbonyl (C=O) groups excluding carboxylic acids is 4. The van der Waals surface area contributed by atoms with Crippen LogP contribution in [0, 0.1) is 0 Å². The molecule has 1 fully saturated rings. The van der Waals surface area contributed by atoms with E-state index >= 15 is 0 Å². The van der Waals surface area contributed by atoms with Gasteiger partial charge in [0.15, 0.2) is 18.5 Å². The van der Waals surface area contributed by atoms with Crippen molar-refractivity contribution in [2.45, 2.75) is 117 Å². The summed E-state index contributed by atoms with van der Waals surface area (Å²) < 4.78 is 27.8. The van der Waals surface area contributed by atoms with Crippen LogP contribution in [0.4, 0.5) is 0 Å². The van der Waals surface area contributed by atoms with Crippen LogP contribution < -0.4 is 5.32 Å². The molecule has 5 atom stereocenters. The largest absolute Gasteiger partial charge is 0.463 e. The van der Waals surface area contributed by atoms with Gasteiger partial charge in [-0.1, -0.05) is 51.9 Å². The first-order valence-electron chi connectivity index (χ1n) is 12.2. The maximum absolute atomic E-state index is 11.9. The van der Waals surface area contributed by atoms with Gasteiger partial charge < -0.3 is 29.0 Å². The zero-order valence-corrected chi connectivity index (χ0v) is 21.1. The van der Waals surface area contributed by atoms with Gasteiger partial charge in [0.05, 0.1) is 0 Å². The van der Waals surface area contributed by atoms with Crippen LogP contribution >= 0.6 is 0 Å². The number of rotatable bonds is 15.